The van der Waals surface area contributed by atoms with Crippen LogP contribution in [0, 0.1) is 5.92 Å². The Morgan fingerprint density at radius 1 is 1.32 bits per heavy atom. The number of pyridine rings is 1. The number of hydrogen-bond acceptors (Lipinski definition) is 3. The van der Waals surface area contributed by atoms with Crippen LogP contribution >= 0.6 is 0 Å². The summed E-state index contributed by atoms with van der Waals surface area (Å²) in [6, 6.07) is 4.79. The minimum atomic E-state index is 0.610. The van der Waals surface area contributed by atoms with Gasteiger partial charge in [0.05, 0.1) is 0 Å². The van der Waals surface area contributed by atoms with Crippen molar-refractivity contribution in [3.05, 3.63) is 23.9 Å². The van der Waals surface area contributed by atoms with E-state index in [4.69, 9.17) is 5.73 Å². The van der Waals surface area contributed by atoms with Gasteiger partial charge in [0.2, 0.25) is 0 Å². The van der Waals surface area contributed by atoms with Crippen molar-refractivity contribution in [2.75, 3.05) is 12.3 Å². The molecular formula is C16H27N3. The minimum absolute atomic E-state index is 0.610. The molecule has 0 unspecified atom stereocenters. The van der Waals surface area contributed by atoms with Crippen LogP contribution in [0.1, 0.15) is 51.5 Å². The minimum Gasteiger partial charge on any atom is -0.384 e. The average molecular weight is 261 g/mol. The van der Waals surface area contributed by atoms with Crippen LogP contribution in [0.25, 0.3) is 0 Å². The molecule has 1 heterocycles. The molecule has 3 heteroatoms. The second-order valence-electron chi connectivity index (χ2n) is 6.18. The lowest BCUT2D eigenvalue weighted by atomic mass is 10.1. The van der Waals surface area contributed by atoms with E-state index in [1.807, 2.05) is 12.3 Å². The van der Waals surface area contributed by atoms with E-state index >= 15 is 0 Å². The summed E-state index contributed by atoms with van der Waals surface area (Å²) in [4.78, 5) is 6.86. The smallest absolute Gasteiger partial charge is 0.123 e. The van der Waals surface area contributed by atoms with E-state index in [2.05, 4.69) is 29.8 Å². The summed E-state index contributed by atoms with van der Waals surface area (Å²) in [5.74, 6) is 1.38. The van der Waals surface area contributed by atoms with E-state index in [9.17, 15) is 0 Å². The van der Waals surface area contributed by atoms with Gasteiger partial charge in [-0.25, -0.2) is 4.98 Å². The van der Waals surface area contributed by atoms with Crippen LogP contribution in [0.5, 0.6) is 0 Å². The second-order valence-corrected chi connectivity index (χ2v) is 6.18. The van der Waals surface area contributed by atoms with Gasteiger partial charge >= 0.3 is 0 Å². The van der Waals surface area contributed by atoms with Gasteiger partial charge in [0.15, 0.2) is 0 Å². The molecule has 1 aromatic heterocycles. The van der Waals surface area contributed by atoms with Crippen LogP contribution in [0.15, 0.2) is 18.3 Å². The molecule has 0 bridgehead atoms. The molecule has 0 amide bonds. The Hall–Kier alpha value is -1.09. The van der Waals surface area contributed by atoms with Crippen molar-refractivity contribution in [1.29, 1.82) is 0 Å². The van der Waals surface area contributed by atoms with Crippen molar-refractivity contribution in [3.8, 4) is 0 Å². The van der Waals surface area contributed by atoms with Gasteiger partial charge in [-0.15, -0.1) is 0 Å². The normalized spacial score (nSPS) is 16.6. The van der Waals surface area contributed by atoms with Crippen molar-refractivity contribution in [1.82, 2.24) is 9.88 Å². The lowest BCUT2D eigenvalue weighted by Crippen LogP contribution is -2.34. The predicted octanol–water partition coefficient (Wildman–Crippen LogP) is 3.45. The molecule has 0 radical (unpaired) electrons. The monoisotopic (exact) mass is 261 g/mol. The van der Waals surface area contributed by atoms with E-state index in [-0.39, 0.29) is 0 Å². The Morgan fingerprint density at radius 2 is 2.05 bits per heavy atom. The molecule has 0 spiro atoms. The molecule has 106 valence electrons. The molecule has 1 aliphatic carbocycles. The molecule has 3 nitrogen and oxygen atoms in total. The highest BCUT2D eigenvalue weighted by Crippen LogP contribution is 2.25. The van der Waals surface area contributed by atoms with Gasteiger partial charge in [-0.3, -0.25) is 4.90 Å². The Kier molecular flexibility index (Phi) is 5.20. The maximum Gasteiger partial charge on any atom is 0.123 e. The van der Waals surface area contributed by atoms with Gasteiger partial charge in [-0.1, -0.05) is 32.8 Å². The van der Waals surface area contributed by atoms with Crippen LogP contribution in [0.2, 0.25) is 0 Å². The number of nitrogens with two attached hydrogens (primary N) is 1. The zero-order valence-electron chi connectivity index (χ0n) is 12.3. The van der Waals surface area contributed by atoms with Gasteiger partial charge in [0.1, 0.15) is 5.82 Å². The SMILES string of the molecule is CC(C)CCN(Cc1ccc(N)nc1)C1CCCC1. The summed E-state index contributed by atoms with van der Waals surface area (Å²) in [5, 5.41) is 0. The highest BCUT2D eigenvalue weighted by molar-refractivity contribution is 5.29. The van der Waals surface area contributed by atoms with Crippen LogP contribution in [-0.4, -0.2) is 22.5 Å². The molecule has 1 fully saturated rings. The van der Waals surface area contributed by atoms with Gasteiger partial charge in [0.25, 0.3) is 0 Å². The summed E-state index contributed by atoms with van der Waals surface area (Å²) in [6.07, 6.45) is 8.71. The molecule has 1 aliphatic rings. The molecule has 0 aromatic carbocycles. The number of rotatable bonds is 6. The Labute approximate surface area is 117 Å². The third kappa shape index (κ3) is 4.50. The summed E-state index contributed by atoms with van der Waals surface area (Å²) >= 11 is 0. The van der Waals surface area contributed by atoms with E-state index in [1.165, 1.54) is 44.2 Å². The summed E-state index contributed by atoms with van der Waals surface area (Å²) in [6.45, 7) is 6.83. The highest BCUT2D eigenvalue weighted by Gasteiger charge is 2.22. The Morgan fingerprint density at radius 3 is 2.63 bits per heavy atom. The summed E-state index contributed by atoms with van der Waals surface area (Å²) in [7, 11) is 0. The van der Waals surface area contributed by atoms with E-state index in [0.717, 1.165) is 18.5 Å². The maximum absolute atomic E-state index is 5.65. The van der Waals surface area contributed by atoms with Crippen LogP contribution < -0.4 is 5.73 Å². The van der Waals surface area contributed by atoms with Crippen molar-refractivity contribution < 1.29 is 0 Å². The highest BCUT2D eigenvalue weighted by atomic mass is 15.2. The van der Waals surface area contributed by atoms with E-state index in [1.54, 1.807) is 0 Å². The van der Waals surface area contributed by atoms with E-state index in [0.29, 0.717) is 5.82 Å². The number of nitrogens with zero attached hydrogens (tertiary/aromatic N) is 2. The van der Waals surface area contributed by atoms with Crippen molar-refractivity contribution in [3.63, 3.8) is 0 Å². The summed E-state index contributed by atoms with van der Waals surface area (Å²) in [5.41, 5.74) is 6.94. The zero-order chi connectivity index (χ0) is 13.7. The fraction of sp³-hybridized carbons (Fsp3) is 0.688. The first-order valence-corrected chi connectivity index (χ1v) is 7.59. The number of nitrogen functional groups attached to an aromatic ring is 1. The molecule has 2 N–H and O–H groups in total. The van der Waals surface area contributed by atoms with Crippen LogP contribution in [0.4, 0.5) is 5.82 Å². The molecular weight excluding hydrogens is 234 g/mol. The third-order valence-corrected chi connectivity index (χ3v) is 4.07. The largest absolute Gasteiger partial charge is 0.384 e. The average Bonchev–Trinajstić information content (AvgIpc) is 2.90. The molecule has 0 aliphatic heterocycles. The second kappa shape index (κ2) is 6.90. The fourth-order valence-electron chi connectivity index (χ4n) is 2.85. The molecule has 19 heavy (non-hydrogen) atoms. The fourth-order valence-corrected chi connectivity index (χ4v) is 2.85. The molecule has 2 rings (SSSR count). The van der Waals surface area contributed by atoms with Gasteiger partial charge in [-0.05, 0) is 43.4 Å². The first-order valence-electron chi connectivity index (χ1n) is 7.59. The van der Waals surface area contributed by atoms with Gasteiger partial charge in [-0.2, -0.15) is 0 Å². The third-order valence-electron chi connectivity index (χ3n) is 4.07. The van der Waals surface area contributed by atoms with Crippen molar-refractivity contribution in [2.24, 2.45) is 5.92 Å². The van der Waals surface area contributed by atoms with Gasteiger partial charge < -0.3 is 5.73 Å². The zero-order valence-corrected chi connectivity index (χ0v) is 12.3. The number of aromatic nitrogens is 1. The first-order chi connectivity index (χ1) is 9.15. The van der Waals surface area contributed by atoms with Crippen molar-refractivity contribution in [2.45, 2.75) is 58.5 Å². The lowest BCUT2D eigenvalue weighted by Gasteiger charge is -2.29. The molecule has 0 atom stereocenters. The van der Waals surface area contributed by atoms with Gasteiger partial charge in [0, 0.05) is 18.8 Å². The number of anilines is 1. The van der Waals surface area contributed by atoms with E-state index < -0.39 is 0 Å². The van der Waals surface area contributed by atoms with Crippen LogP contribution in [-0.2, 0) is 6.54 Å². The van der Waals surface area contributed by atoms with Crippen molar-refractivity contribution >= 4 is 5.82 Å². The first kappa shape index (κ1) is 14.3. The number of hydrogen-bond donors (Lipinski definition) is 1. The topological polar surface area (TPSA) is 42.1 Å². The summed E-state index contributed by atoms with van der Waals surface area (Å²) < 4.78 is 0. The van der Waals surface area contributed by atoms with Crippen LogP contribution in [0.3, 0.4) is 0 Å². The Bertz CT molecular complexity index is 366. The predicted molar refractivity (Wildman–Crippen MR) is 80.8 cm³/mol. The maximum atomic E-state index is 5.65. The molecule has 1 aromatic rings. The Balaban J connectivity index is 1.97. The quantitative estimate of drug-likeness (QED) is 0.852. The molecule has 1 saturated carbocycles. The lowest BCUT2D eigenvalue weighted by molar-refractivity contribution is 0.179. The standard InChI is InChI=1S/C16H27N3/c1-13(2)9-10-19(15-5-3-4-6-15)12-14-7-8-16(17)18-11-14/h7-8,11,13,15H,3-6,9-10,12H2,1-2H3,(H2,17,18). The molecule has 0 saturated heterocycles.